The number of aliphatic carboxylic acids is 1. The van der Waals surface area contributed by atoms with Gasteiger partial charge in [0.2, 0.25) is 0 Å². The van der Waals surface area contributed by atoms with Gasteiger partial charge in [-0.05, 0) is 18.8 Å². The summed E-state index contributed by atoms with van der Waals surface area (Å²) in [7, 11) is 3.25. The first kappa shape index (κ1) is 15.4. The van der Waals surface area contributed by atoms with Crippen LogP contribution in [0.4, 0.5) is 0 Å². The number of rotatable bonds is 10. The molecule has 3 N–H and O–H groups in total. The van der Waals surface area contributed by atoms with Crippen LogP contribution in [0.2, 0.25) is 0 Å². The summed E-state index contributed by atoms with van der Waals surface area (Å²) in [5.74, 6) is -0.813. The zero-order valence-electron chi connectivity index (χ0n) is 11.2. The Morgan fingerprint density at radius 1 is 1.33 bits per heavy atom. The van der Waals surface area contributed by atoms with Crippen LogP contribution < -0.4 is 5.73 Å². The molecule has 6 nitrogen and oxygen atoms in total. The number of carbonyl (C=O) groups is 1. The molecule has 0 radical (unpaired) electrons. The molecule has 0 bridgehead atoms. The second kappa shape index (κ2) is 7.04. The lowest BCUT2D eigenvalue weighted by Gasteiger charge is -2.32. The first-order chi connectivity index (χ1) is 8.54. The van der Waals surface area contributed by atoms with Gasteiger partial charge in [-0.3, -0.25) is 9.69 Å². The number of carboxylic acids is 1. The highest BCUT2D eigenvalue weighted by molar-refractivity contribution is 5.79. The zero-order chi connectivity index (χ0) is 13.6. The largest absolute Gasteiger partial charge is 0.480 e. The average molecular weight is 260 g/mol. The Hall–Kier alpha value is -0.690. The molecule has 18 heavy (non-hydrogen) atoms. The molecule has 1 aliphatic rings. The highest BCUT2D eigenvalue weighted by Gasteiger charge is 2.49. The summed E-state index contributed by atoms with van der Waals surface area (Å²) in [6, 6.07) is 0. The van der Waals surface area contributed by atoms with E-state index in [1.807, 2.05) is 4.90 Å². The fourth-order valence-electron chi connectivity index (χ4n) is 2.05. The van der Waals surface area contributed by atoms with Crippen molar-refractivity contribution in [1.82, 2.24) is 4.90 Å². The minimum atomic E-state index is -1.14. The van der Waals surface area contributed by atoms with Crippen LogP contribution >= 0.6 is 0 Å². The summed E-state index contributed by atoms with van der Waals surface area (Å²) in [6.45, 7) is 2.80. The van der Waals surface area contributed by atoms with Gasteiger partial charge in [-0.2, -0.15) is 0 Å². The maximum absolute atomic E-state index is 11.4. The quantitative estimate of drug-likeness (QED) is 0.564. The SMILES string of the molecule is COCCN(CCOC)CC(N)(C(=O)O)C1CC1. The minimum absolute atomic E-state index is 0.0996. The highest BCUT2D eigenvalue weighted by atomic mass is 16.5. The summed E-state index contributed by atoms with van der Waals surface area (Å²) in [5, 5.41) is 9.33. The molecule has 0 heterocycles. The van der Waals surface area contributed by atoms with Gasteiger partial charge in [-0.1, -0.05) is 0 Å². The summed E-state index contributed by atoms with van der Waals surface area (Å²) in [5.41, 5.74) is 4.93. The molecule has 0 aromatic rings. The second-order valence-corrected chi connectivity index (χ2v) is 4.88. The molecule has 0 saturated heterocycles. The number of nitrogens with two attached hydrogens (primary N) is 1. The normalized spacial score (nSPS) is 18.9. The van der Waals surface area contributed by atoms with Gasteiger partial charge >= 0.3 is 5.97 Å². The van der Waals surface area contributed by atoms with E-state index in [9.17, 15) is 9.90 Å². The number of hydrogen-bond acceptors (Lipinski definition) is 5. The number of methoxy groups -OCH3 is 2. The van der Waals surface area contributed by atoms with Crippen molar-refractivity contribution in [3.63, 3.8) is 0 Å². The van der Waals surface area contributed by atoms with Crippen LogP contribution in [0, 0.1) is 5.92 Å². The van der Waals surface area contributed by atoms with Crippen molar-refractivity contribution in [3.05, 3.63) is 0 Å². The fourth-order valence-corrected chi connectivity index (χ4v) is 2.05. The lowest BCUT2D eigenvalue weighted by atomic mass is 9.94. The fraction of sp³-hybridized carbons (Fsp3) is 0.917. The maximum atomic E-state index is 11.4. The van der Waals surface area contributed by atoms with E-state index in [-0.39, 0.29) is 5.92 Å². The molecule has 1 rings (SSSR count). The van der Waals surface area contributed by atoms with Gasteiger partial charge in [0.25, 0.3) is 0 Å². The molecule has 1 saturated carbocycles. The van der Waals surface area contributed by atoms with E-state index < -0.39 is 11.5 Å². The minimum Gasteiger partial charge on any atom is -0.480 e. The van der Waals surface area contributed by atoms with Gasteiger partial charge in [-0.15, -0.1) is 0 Å². The smallest absolute Gasteiger partial charge is 0.325 e. The summed E-state index contributed by atoms with van der Waals surface area (Å²) in [6.07, 6.45) is 1.82. The van der Waals surface area contributed by atoms with Crippen LogP contribution in [0.3, 0.4) is 0 Å². The molecule has 1 aliphatic carbocycles. The Balaban J connectivity index is 2.57. The molecule has 0 aliphatic heterocycles. The topological polar surface area (TPSA) is 85.0 Å². The van der Waals surface area contributed by atoms with Crippen molar-refractivity contribution < 1.29 is 19.4 Å². The van der Waals surface area contributed by atoms with E-state index in [2.05, 4.69) is 0 Å². The lowest BCUT2D eigenvalue weighted by molar-refractivity contribution is -0.145. The molecule has 1 atom stereocenters. The molecule has 1 fully saturated rings. The molecule has 0 aromatic heterocycles. The zero-order valence-corrected chi connectivity index (χ0v) is 11.2. The molecule has 0 aromatic carbocycles. The van der Waals surface area contributed by atoms with Crippen LogP contribution in [-0.4, -0.2) is 68.6 Å². The predicted octanol–water partition coefficient (Wildman–Crippen LogP) is -0.227. The van der Waals surface area contributed by atoms with Crippen molar-refractivity contribution in [2.24, 2.45) is 11.7 Å². The summed E-state index contributed by atoms with van der Waals surface area (Å²) < 4.78 is 10.1. The lowest BCUT2D eigenvalue weighted by Crippen LogP contribution is -2.58. The third kappa shape index (κ3) is 4.20. The van der Waals surface area contributed by atoms with Crippen molar-refractivity contribution in [1.29, 1.82) is 0 Å². The summed E-state index contributed by atoms with van der Waals surface area (Å²) in [4.78, 5) is 13.4. The van der Waals surface area contributed by atoms with E-state index in [4.69, 9.17) is 15.2 Å². The van der Waals surface area contributed by atoms with Gasteiger partial charge in [0.05, 0.1) is 13.2 Å². The average Bonchev–Trinajstić information content (AvgIpc) is 3.16. The van der Waals surface area contributed by atoms with E-state index in [0.29, 0.717) is 32.8 Å². The third-order valence-electron chi connectivity index (χ3n) is 3.41. The van der Waals surface area contributed by atoms with Crippen LogP contribution in [0.25, 0.3) is 0 Å². The van der Waals surface area contributed by atoms with E-state index in [1.54, 1.807) is 14.2 Å². The second-order valence-electron chi connectivity index (χ2n) is 4.88. The van der Waals surface area contributed by atoms with Gasteiger partial charge in [0, 0.05) is 33.9 Å². The first-order valence-corrected chi connectivity index (χ1v) is 6.27. The van der Waals surface area contributed by atoms with E-state index in [0.717, 1.165) is 12.8 Å². The Morgan fingerprint density at radius 2 is 1.83 bits per heavy atom. The van der Waals surface area contributed by atoms with Crippen molar-refractivity contribution >= 4 is 5.97 Å². The van der Waals surface area contributed by atoms with Crippen molar-refractivity contribution in [3.8, 4) is 0 Å². The maximum Gasteiger partial charge on any atom is 0.325 e. The predicted molar refractivity (Wildman–Crippen MR) is 67.5 cm³/mol. The molecule has 0 amide bonds. The van der Waals surface area contributed by atoms with Gasteiger partial charge in [-0.25, -0.2) is 0 Å². The monoisotopic (exact) mass is 260 g/mol. The number of hydrogen-bond donors (Lipinski definition) is 2. The van der Waals surface area contributed by atoms with Crippen LogP contribution in [-0.2, 0) is 14.3 Å². The molecular formula is C12H24N2O4. The van der Waals surface area contributed by atoms with E-state index >= 15 is 0 Å². The Kier molecular flexibility index (Phi) is 6.01. The van der Waals surface area contributed by atoms with Gasteiger partial charge in [0.15, 0.2) is 0 Å². The van der Waals surface area contributed by atoms with Crippen LogP contribution in [0.15, 0.2) is 0 Å². The van der Waals surface area contributed by atoms with Crippen molar-refractivity contribution in [2.75, 3.05) is 47.1 Å². The number of carboxylic acid groups (broad SMARTS) is 1. The molecule has 0 spiro atoms. The number of nitrogens with zero attached hydrogens (tertiary/aromatic N) is 1. The molecular weight excluding hydrogens is 236 g/mol. The molecule has 106 valence electrons. The van der Waals surface area contributed by atoms with Gasteiger partial charge in [0.1, 0.15) is 5.54 Å². The Labute approximate surface area is 108 Å². The standard InChI is InChI=1S/C12H24N2O4/c1-17-7-5-14(6-8-18-2)9-12(13,11(15)16)10-3-4-10/h10H,3-9,13H2,1-2H3,(H,15,16). The Morgan fingerprint density at radius 3 is 2.17 bits per heavy atom. The molecule has 6 heteroatoms. The summed E-state index contributed by atoms with van der Waals surface area (Å²) >= 11 is 0. The van der Waals surface area contributed by atoms with Crippen molar-refractivity contribution in [2.45, 2.75) is 18.4 Å². The first-order valence-electron chi connectivity index (χ1n) is 6.27. The molecule has 1 unspecified atom stereocenters. The van der Waals surface area contributed by atoms with E-state index in [1.165, 1.54) is 0 Å². The van der Waals surface area contributed by atoms with Crippen LogP contribution in [0.5, 0.6) is 0 Å². The number of ether oxygens (including phenoxy) is 2. The van der Waals surface area contributed by atoms with Crippen LogP contribution in [0.1, 0.15) is 12.8 Å². The Bertz CT molecular complexity index is 263. The van der Waals surface area contributed by atoms with Gasteiger partial charge < -0.3 is 20.3 Å². The highest BCUT2D eigenvalue weighted by Crippen LogP contribution is 2.38. The third-order valence-corrected chi connectivity index (χ3v) is 3.41.